The predicted octanol–water partition coefficient (Wildman–Crippen LogP) is 28.8. The molecule has 2 aliphatic rings. The maximum atomic E-state index is 10.2. The van der Waals surface area contributed by atoms with Crippen LogP contribution in [0.2, 0.25) is 0 Å². The molecule has 576 valence electrons. The first-order valence-electron chi connectivity index (χ1n) is 49.4. The van der Waals surface area contributed by atoms with Crippen molar-refractivity contribution in [1.82, 2.24) is 18.1 Å². The van der Waals surface area contributed by atoms with Gasteiger partial charge in [-0.15, -0.1) is 0 Å². The summed E-state index contributed by atoms with van der Waals surface area (Å²) in [6.45, 7) is 19.0. The van der Waals surface area contributed by atoms with E-state index >= 15 is 0 Å². The number of nitrogens with zero attached hydrogens (tertiary/aromatic N) is 5. The Morgan fingerprint density at radius 3 is 1.40 bits per heavy atom. The molecule has 0 radical (unpaired) electrons. The molecule has 7 heterocycles. The Kier molecular flexibility index (Phi) is 12.1. The molecule has 0 fully saturated rings. The number of hydrogen-bond donors (Lipinski definition) is 1. The Hall–Kier alpha value is -14.4. The van der Waals surface area contributed by atoms with E-state index in [0.29, 0.717) is 33.4 Å². The molecule has 6 nitrogen and oxygen atoms in total. The second-order valence-corrected chi connectivity index (χ2v) is 35.6. The Morgan fingerprint density at radius 1 is 0.289 bits per heavy atom. The number of hydrogen-bond acceptors (Lipinski definition) is 2. The fraction of sp³-hybridized carbons (Fsp3) is 0.105. The summed E-state index contributed by atoms with van der Waals surface area (Å²) >= 11 is 0. The third kappa shape index (κ3) is 10.6. The van der Waals surface area contributed by atoms with E-state index in [2.05, 4.69) is 276 Å². The van der Waals surface area contributed by atoms with Crippen LogP contribution in [0.25, 0.3) is 176 Å². The largest absolute Gasteiger partial charge is 0.355 e. The zero-order chi connectivity index (χ0) is 95.1. The molecule has 1 N–H and O–H groups in total. The van der Waals surface area contributed by atoms with Gasteiger partial charge in [0.25, 0.3) is 6.71 Å². The number of para-hydroxylation sites is 6. The lowest BCUT2D eigenvalue weighted by Gasteiger charge is -2.43. The molecule has 7 heteroatoms. The van der Waals surface area contributed by atoms with Crippen LogP contribution in [0.5, 0.6) is 0 Å². The van der Waals surface area contributed by atoms with Crippen molar-refractivity contribution in [3.05, 3.63) is 374 Å². The van der Waals surface area contributed by atoms with Crippen molar-refractivity contribution in [2.45, 2.75) is 78.6 Å². The van der Waals surface area contributed by atoms with E-state index in [1.165, 1.54) is 5.56 Å². The van der Waals surface area contributed by atoms with Gasteiger partial charge in [-0.3, -0.25) is 0 Å². The summed E-state index contributed by atoms with van der Waals surface area (Å²) in [5.41, 5.74) is 18.7. The summed E-state index contributed by atoms with van der Waals surface area (Å²) < 4.78 is 164. The Labute approximate surface area is 726 Å². The molecule has 2 aliphatic heterocycles. The van der Waals surface area contributed by atoms with Gasteiger partial charge in [0.15, 0.2) is 0 Å². The summed E-state index contributed by atoms with van der Waals surface area (Å²) in [5, 5.41) is 12.7. The number of anilines is 5. The van der Waals surface area contributed by atoms with Crippen LogP contribution in [-0.4, -0.2) is 24.8 Å². The fourth-order valence-electron chi connectivity index (χ4n) is 20.0. The molecule has 0 spiro atoms. The van der Waals surface area contributed by atoms with Crippen molar-refractivity contribution in [2.24, 2.45) is 0 Å². The first-order chi connectivity index (χ1) is 65.6. The Bertz CT molecular complexity index is 9080. The van der Waals surface area contributed by atoms with Crippen molar-refractivity contribution in [3.8, 4) is 50.4 Å². The zero-order valence-electron chi connectivity index (χ0n) is 84.1. The molecule has 0 aliphatic carbocycles. The molecule has 121 heavy (non-hydrogen) atoms. The molecule has 0 saturated carbocycles. The minimum atomic E-state index is -0.938. The second kappa shape index (κ2) is 26.1. The Balaban J connectivity index is 0.953. The van der Waals surface area contributed by atoms with Crippen molar-refractivity contribution < 1.29 is 21.9 Å². The van der Waals surface area contributed by atoms with Gasteiger partial charge >= 0.3 is 0 Å². The molecule has 0 saturated heterocycles. The number of fused-ring (bicyclic) bond motifs is 24. The van der Waals surface area contributed by atoms with Crippen LogP contribution >= 0.6 is 0 Å². The lowest BCUT2D eigenvalue weighted by molar-refractivity contribution is 0.589. The van der Waals surface area contributed by atoms with E-state index in [0.717, 1.165) is 149 Å². The van der Waals surface area contributed by atoms with Crippen LogP contribution < -0.4 is 26.6 Å². The maximum Gasteiger partial charge on any atom is 0.252 e. The van der Waals surface area contributed by atoms with E-state index in [1.54, 1.807) is 9.13 Å². The van der Waals surface area contributed by atoms with Gasteiger partial charge in [-0.25, -0.2) is 0 Å². The molecular weight excluding hydrogens is 1460 g/mol. The van der Waals surface area contributed by atoms with Gasteiger partial charge < -0.3 is 28.3 Å². The molecule has 0 unspecified atom stereocenters. The van der Waals surface area contributed by atoms with Gasteiger partial charge in [-0.1, -0.05) is 317 Å². The summed E-state index contributed by atoms with van der Waals surface area (Å²) in [7, 11) is 0. The minimum Gasteiger partial charge on any atom is -0.355 e. The minimum absolute atomic E-state index is 0.0696. The SMILES string of the molecule is [2H]c1c([2H])c([2H])c2c(c1[2H])c1c([2H])c([2H])c([2H])c([2H])c1n2-c1ccc2c(c1)N(c1c(-c3ccccc3)cc(C(C)(C)C)cc1-c1ccccc1)c1c3c(cc4c1c1cccc5c6ccccc6c6ccccc6c6ccccc6n4c51)-n1c4ccc(Nc5ccc(C(C)(C)C)cc5-c5cccc(C(C)(C)C)c5)cc4c4cc(-n5c6c([2H])c([2H])c([2H])c([2H])c6c6c([2H])c([2H])c([2H])c([2H])c65)cc(c41)B23. The molecule has 0 atom stereocenters. The first-order valence-corrected chi connectivity index (χ1v) is 41.4. The lowest BCUT2D eigenvalue weighted by Crippen LogP contribution is -2.60. The second-order valence-electron chi connectivity index (χ2n) is 35.6. The third-order valence-electron chi connectivity index (χ3n) is 25.6. The highest BCUT2D eigenvalue weighted by atomic mass is 15.2. The highest BCUT2D eigenvalue weighted by molar-refractivity contribution is 7.00. The van der Waals surface area contributed by atoms with Crippen molar-refractivity contribution >= 4 is 177 Å². The molecule has 0 amide bonds. The van der Waals surface area contributed by atoms with E-state index in [-0.39, 0.29) is 60.1 Å². The van der Waals surface area contributed by atoms with E-state index in [1.807, 2.05) is 66.7 Å². The number of benzene rings is 17. The standard InChI is InChI=1S/C114H87BN6/c1-112(2,3)72-37-30-36-71(60-72)89-61-73(113(4,5)6)54-58-96(89)116-75-55-59-102-92(64-75)93-65-77(118-99-51-27-23-45-85(99)86-46-24-28-52-100(86)118)66-95-110(93)120(102)105-68-104-106(88-48-31-47-87-81-41-19-17-39-79(81)78-38-16-18-40-80(78)82-42-20-29-53-101(82)119(104)108(87)88)111-107(105)115(95)94-57-56-76(117-97-49-25-21-43-83(97)84-44-22-26-50-98(84)117)67-103(94)121(111)109-90(69-32-12-10-13-33-69)62-74(114(7,8)9)63-91(109)70-34-14-11-15-35-70/h10-68,116H,1-9H3/i21D,22D,23D,24D,25D,26D,27D,28D,43D,44D,45D,46D,49D,50D,51D,52D. The summed E-state index contributed by atoms with van der Waals surface area (Å²) in [5.74, 6) is 0. The highest BCUT2D eigenvalue weighted by Crippen LogP contribution is 2.56. The molecule has 17 aromatic carbocycles. The smallest absolute Gasteiger partial charge is 0.252 e. The normalized spacial score (nSPS) is 14.8. The topological polar surface area (TPSA) is 34.5 Å². The van der Waals surface area contributed by atoms with Crippen LogP contribution in [0.3, 0.4) is 0 Å². The van der Waals surface area contributed by atoms with Gasteiger partial charge in [-0.2, -0.15) is 0 Å². The van der Waals surface area contributed by atoms with Crippen LogP contribution in [0.15, 0.2) is 358 Å². The van der Waals surface area contributed by atoms with Crippen LogP contribution in [0.1, 0.15) is 101 Å². The van der Waals surface area contributed by atoms with Gasteiger partial charge in [0.1, 0.15) is 0 Å². The van der Waals surface area contributed by atoms with Gasteiger partial charge in [0, 0.05) is 110 Å². The van der Waals surface area contributed by atoms with Gasteiger partial charge in [0.2, 0.25) is 0 Å². The predicted molar refractivity (Wildman–Crippen MR) is 518 cm³/mol. The molecule has 24 rings (SSSR count). The van der Waals surface area contributed by atoms with Gasteiger partial charge in [-0.05, 0) is 191 Å². The Morgan fingerprint density at radius 2 is 0.793 bits per heavy atom. The maximum absolute atomic E-state index is 10.2. The summed E-state index contributed by atoms with van der Waals surface area (Å²) in [6.07, 6.45) is 0. The highest BCUT2D eigenvalue weighted by Gasteiger charge is 2.46. The number of aromatic nitrogens is 4. The van der Waals surface area contributed by atoms with Gasteiger partial charge in [0.05, 0.1) is 77.4 Å². The molecule has 0 bridgehead atoms. The average Bonchev–Trinajstić information content (AvgIpc) is 1.61. The summed E-state index contributed by atoms with van der Waals surface area (Å²) in [4.78, 5) is 2.41. The molecule has 22 aromatic rings. The average molecular weight is 1570 g/mol. The van der Waals surface area contributed by atoms with Crippen molar-refractivity contribution in [3.63, 3.8) is 0 Å². The van der Waals surface area contributed by atoms with E-state index < -0.39 is 109 Å². The molecule has 5 aromatic heterocycles. The van der Waals surface area contributed by atoms with Crippen LogP contribution in [0.4, 0.5) is 28.4 Å². The number of nitrogens with one attached hydrogen (secondary N) is 1. The van der Waals surface area contributed by atoms with E-state index in [4.69, 9.17) is 0 Å². The zero-order valence-corrected chi connectivity index (χ0v) is 68.1. The fourth-order valence-corrected chi connectivity index (χ4v) is 20.0. The lowest BCUT2D eigenvalue weighted by atomic mass is 9.33. The van der Waals surface area contributed by atoms with Crippen LogP contribution in [-0.2, 0) is 16.2 Å². The third-order valence-corrected chi connectivity index (χ3v) is 25.6. The molecular formula is C114H87BN6. The summed E-state index contributed by atoms with van der Waals surface area (Å²) in [6, 6.07) is 83.4. The number of rotatable bonds is 8. The monoisotopic (exact) mass is 1570 g/mol. The van der Waals surface area contributed by atoms with Crippen molar-refractivity contribution in [2.75, 3.05) is 10.2 Å². The van der Waals surface area contributed by atoms with Crippen molar-refractivity contribution in [1.29, 1.82) is 0 Å². The first kappa shape index (κ1) is 56.1. The van der Waals surface area contributed by atoms with Crippen LogP contribution in [0, 0.1) is 0 Å². The van der Waals surface area contributed by atoms with E-state index in [9.17, 15) is 21.9 Å². The quantitative estimate of drug-likeness (QED) is 0.154.